The molecule has 0 fully saturated rings. The third-order valence-corrected chi connectivity index (χ3v) is 4.89. The summed E-state index contributed by atoms with van der Waals surface area (Å²) in [5.41, 5.74) is 1.80. The van der Waals surface area contributed by atoms with E-state index in [-0.39, 0.29) is 12.3 Å². The largest absolute Gasteiger partial charge is 0.497 e. The second-order valence-corrected chi connectivity index (χ2v) is 6.53. The number of carboxylic acid groups (broad SMARTS) is 1. The van der Waals surface area contributed by atoms with Gasteiger partial charge in [0.2, 0.25) is 0 Å². The summed E-state index contributed by atoms with van der Waals surface area (Å²) < 4.78 is 12.9. The predicted molar refractivity (Wildman–Crippen MR) is 93.5 cm³/mol. The number of carboxylic acids is 1. The molecule has 0 bridgehead atoms. The quantitative estimate of drug-likeness (QED) is 0.869. The number of methoxy groups -OCH3 is 2. The molecule has 0 radical (unpaired) electrons. The van der Waals surface area contributed by atoms with Crippen LogP contribution in [0.4, 0.5) is 0 Å². The van der Waals surface area contributed by atoms with Gasteiger partial charge in [-0.05, 0) is 30.5 Å². The first-order chi connectivity index (χ1) is 12.0. The molecule has 6 nitrogen and oxygen atoms in total. The van der Waals surface area contributed by atoms with E-state index in [1.807, 2.05) is 18.3 Å². The van der Waals surface area contributed by atoms with E-state index in [9.17, 15) is 9.90 Å². The lowest BCUT2D eigenvalue weighted by atomic mass is 9.91. The third kappa shape index (κ3) is 3.48. The fourth-order valence-corrected chi connectivity index (χ4v) is 3.60. The van der Waals surface area contributed by atoms with Crippen molar-refractivity contribution in [3.63, 3.8) is 0 Å². The normalized spacial score (nSPS) is 17.6. The second kappa shape index (κ2) is 7.17. The van der Waals surface area contributed by atoms with Gasteiger partial charge in [0.25, 0.3) is 0 Å². The Morgan fingerprint density at radius 1 is 1.32 bits per heavy atom. The Hall–Kier alpha value is -2.50. The Balaban J connectivity index is 2.09. The van der Waals surface area contributed by atoms with Crippen LogP contribution in [-0.4, -0.2) is 34.8 Å². The summed E-state index contributed by atoms with van der Waals surface area (Å²) in [6, 6.07) is 5.54. The highest BCUT2D eigenvalue weighted by Gasteiger charge is 2.27. The fourth-order valence-electron chi connectivity index (χ4n) is 3.60. The van der Waals surface area contributed by atoms with Gasteiger partial charge < -0.3 is 19.1 Å². The molecule has 0 aliphatic carbocycles. The highest BCUT2D eigenvalue weighted by molar-refractivity contribution is 5.69. The van der Waals surface area contributed by atoms with Gasteiger partial charge in [0.1, 0.15) is 17.3 Å². The molecular weight excluding hydrogens is 320 g/mol. The van der Waals surface area contributed by atoms with Crippen molar-refractivity contribution in [2.75, 3.05) is 14.2 Å². The molecule has 3 rings (SSSR count). The number of fused-ring (bicyclic) bond motifs is 1. The number of nitrogens with zero attached hydrogens (tertiary/aromatic N) is 2. The summed E-state index contributed by atoms with van der Waals surface area (Å²) in [5, 5.41) is 9.46. The maximum Gasteiger partial charge on any atom is 0.304 e. The summed E-state index contributed by atoms with van der Waals surface area (Å²) in [7, 11) is 3.18. The van der Waals surface area contributed by atoms with Crippen LogP contribution in [-0.2, 0) is 11.3 Å². The monoisotopic (exact) mass is 344 g/mol. The summed E-state index contributed by atoms with van der Waals surface area (Å²) in [6.07, 6.45) is 4.03. The van der Waals surface area contributed by atoms with Gasteiger partial charge in [-0.25, -0.2) is 4.98 Å². The topological polar surface area (TPSA) is 73.6 Å². The molecular formula is C19H24N2O4. The minimum atomic E-state index is -0.841. The van der Waals surface area contributed by atoms with Crippen molar-refractivity contribution < 1.29 is 19.4 Å². The van der Waals surface area contributed by atoms with Crippen LogP contribution in [0.3, 0.4) is 0 Å². The van der Waals surface area contributed by atoms with Gasteiger partial charge >= 0.3 is 5.97 Å². The molecule has 0 saturated heterocycles. The average Bonchev–Trinajstić information content (AvgIpc) is 3.04. The van der Waals surface area contributed by atoms with Crippen LogP contribution in [0.5, 0.6) is 11.5 Å². The molecule has 1 aliphatic heterocycles. The van der Waals surface area contributed by atoms with E-state index in [1.165, 1.54) is 0 Å². The number of carbonyl (C=O) groups is 1. The molecule has 1 aliphatic rings. The Morgan fingerprint density at radius 3 is 2.60 bits per heavy atom. The van der Waals surface area contributed by atoms with Gasteiger partial charge in [-0.2, -0.15) is 0 Å². The van der Waals surface area contributed by atoms with Crippen LogP contribution >= 0.6 is 0 Å². The molecule has 0 spiro atoms. The molecule has 134 valence electrons. The molecule has 6 heteroatoms. The smallest absolute Gasteiger partial charge is 0.304 e. The SMILES string of the molecule is COc1cc(OC)cc(C(CC(=O)O)c2cnc3n2CCCC3C)c1. The van der Waals surface area contributed by atoms with Crippen molar-refractivity contribution in [2.24, 2.45) is 0 Å². The number of ether oxygens (including phenoxy) is 2. The van der Waals surface area contributed by atoms with Crippen molar-refractivity contribution in [1.29, 1.82) is 0 Å². The van der Waals surface area contributed by atoms with Crippen LogP contribution in [0.25, 0.3) is 0 Å². The van der Waals surface area contributed by atoms with E-state index in [2.05, 4.69) is 16.5 Å². The van der Waals surface area contributed by atoms with Crippen molar-refractivity contribution in [3.05, 3.63) is 41.5 Å². The standard InChI is InChI=1S/C19H24N2O4/c1-12-5-4-6-21-17(11-20-19(12)21)16(10-18(22)23)13-7-14(24-2)9-15(8-13)25-3/h7-9,11-12,16H,4-6,10H2,1-3H3,(H,22,23). The molecule has 0 amide bonds. The summed E-state index contributed by atoms with van der Waals surface area (Å²) in [5.74, 6) is 1.60. The van der Waals surface area contributed by atoms with Crippen LogP contribution in [0.15, 0.2) is 24.4 Å². The Kier molecular flexibility index (Phi) is 4.97. The molecule has 2 aromatic rings. The Bertz CT molecular complexity index is 747. The van der Waals surface area contributed by atoms with Crippen LogP contribution in [0, 0.1) is 0 Å². The van der Waals surface area contributed by atoms with Crippen LogP contribution in [0.2, 0.25) is 0 Å². The molecule has 2 atom stereocenters. The number of aliphatic carboxylic acids is 1. The lowest BCUT2D eigenvalue weighted by molar-refractivity contribution is -0.137. The molecule has 1 aromatic carbocycles. The number of hydrogen-bond acceptors (Lipinski definition) is 4. The predicted octanol–water partition coefficient (Wildman–Crippen LogP) is 3.40. The number of imidazole rings is 1. The van der Waals surface area contributed by atoms with Crippen LogP contribution in [0.1, 0.15) is 55.1 Å². The summed E-state index contributed by atoms with van der Waals surface area (Å²) in [4.78, 5) is 16.1. The van der Waals surface area contributed by atoms with Crippen molar-refractivity contribution in [3.8, 4) is 11.5 Å². The zero-order valence-corrected chi connectivity index (χ0v) is 14.9. The molecule has 0 saturated carbocycles. The zero-order chi connectivity index (χ0) is 18.0. The van der Waals surface area contributed by atoms with E-state index in [0.717, 1.165) is 36.5 Å². The van der Waals surface area contributed by atoms with Crippen molar-refractivity contribution in [2.45, 2.75) is 44.6 Å². The zero-order valence-electron chi connectivity index (χ0n) is 14.9. The molecule has 2 heterocycles. The highest BCUT2D eigenvalue weighted by atomic mass is 16.5. The summed E-state index contributed by atoms with van der Waals surface area (Å²) >= 11 is 0. The van der Waals surface area contributed by atoms with E-state index >= 15 is 0 Å². The van der Waals surface area contributed by atoms with Gasteiger partial charge in [-0.15, -0.1) is 0 Å². The molecule has 1 aromatic heterocycles. The first-order valence-corrected chi connectivity index (χ1v) is 8.53. The fraction of sp³-hybridized carbons (Fsp3) is 0.474. The minimum absolute atomic E-state index is 0.00413. The van der Waals surface area contributed by atoms with Gasteiger partial charge in [-0.1, -0.05) is 6.92 Å². The maximum absolute atomic E-state index is 11.5. The Labute approximate surface area is 147 Å². The van der Waals surface area contributed by atoms with Crippen molar-refractivity contribution >= 4 is 5.97 Å². The number of hydrogen-bond donors (Lipinski definition) is 1. The lowest BCUT2D eigenvalue weighted by Crippen LogP contribution is -2.19. The van der Waals surface area contributed by atoms with E-state index in [1.54, 1.807) is 20.3 Å². The van der Waals surface area contributed by atoms with Gasteiger partial charge in [0, 0.05) is 36.3 Å². The Morgan fingerprint density at radius 2 is 2.00 bits per heavy atom. The lowest BCUT2D eigenvalue weighted by Gasteiger charge is -2.25. The van der Waals surface area contributed by atoms with Gasteiger partial charge in [0.05, 0.1) is 20.6 Å². The molecule has 1 N–H and O–H groups in total. The highest BCUT2D eigenvalue weighted by Crippen LogP contribution is 2.36. The number of rotatable bonds is 6. The first-order valence-electron chi connectivity index (χ1n) is 8.53. The van der Waals surface area contributed by atoms with Crippen LogP contribution < -0.4 is 9.47 Å². The van der Waals surface area contributed by atoms with E-state index in [4.69, 9.17) is 9.47 Å². The summed E-state index contributed by atoms with van der Waals surface area (Å²) in [6.45, 7) is 3.05. The van der Waals surface area contributed by atoms with Crippen molar-refractivity contribution in [1.82, 2.24) is 9.55 Å². The maximum atomic E-state index is 11.5. The van der Waals surface area contributed by atoms with E-state index < -0.39 is 5.97 Å². The second-order valence-electron chi connectivity index (χ2n) is 6.53. The number of benzene rings is 1. The molecule has 2 unspecified atom stereocenters. The van der Waals surface area contributed by atoms with E-state index in [0.29, 0.717) is 17.4 Å². The first kappa shape index (κ1) is 17.3. The molecule has 25 heavy (non-hydrogen) atoms. The van der Waals surface area contributed by atoms with Gasteiger partial charge in [-0.3, -0.25) is 4.79 Å². The minimum Gasteiger partial charge on any atom is -0.497 e. The third-order valence-electron chi connectivity index (χ3n) is 4.89. The average molecular weight is 344 g/mol. The van der Waals surface area contributed by atoms with Gasteiger partial charge in [0.15, 0.2) is 0 Å². The number of aromatic nitrogens is 2.